The number of nitrogens with zero attached hydrogens (tertiary/aromatic N) is 2. The molecule has 0 bridgehead atoms. The van der Waals surface area contributed by atoms with E-state index >= 15 is 0 Å². The molecule has 0 fully saturated rings. The Balaban J connectivity index is 1.20. The first-order valence-corrected chi connectivity index (χ1v) is 9.89. The number of alkyl carbamates (subject to hydrolysis) is 1. The lowest BCUT2D eigenvalue weighted by Gasteiger charge is -2.14. The van der Waals surface area contributed by atoms with Crippen molar-refractivity contribution >= 4 is 23.2 Å². The zero-order valence-electron chi connectivity index (χ0n) is 16.5. The van der Waals surface area contributed by atoms with Crippen molar-refractivity contribution < 1.29 is 9.53 Å². The fourth-order valence-corrected chi connectivity index (χ4v) is 3.98. The van der Waals surface area contributed by atoms with Crippen molar-refractivity contribution in [2.75, 3.05) is 13.2 Å². The van der Waals surface area contributed by atoms with E-state index in [0.717, 1.165) is 0 Å². The van der Waals surface area contributed by atoms with Gasteiger partial charge in [0, 0.05) is 12.5 Å². The van der Waals surface area contributed by atoms with Crippen LogP contribution in [-0.2, 0) is 4.74 Å². The molecule has 1 amide bonds. The quantitative estimate of drug-likeness (QED) is 0.465. The molecule has 31 heavy (non-hydrogen) atoms. The molecule has 0 saturated carbocycles. The van der Waals surface area contributed by atoms with E-state index in [9.17, 15) is 9.59 Å². The summed E-state index contributed by atoms with van der Waals surface area (Å²) in [5.41, 5.74) is 5.30. The number of aromatic nitrogens is 4. The molecule has 0 spiro atoms. The predicted molar refractivity (Wildman–Crippen MR) is 117 cm³/mol. The molecule has 5 rings (SSSR count). The van der Waals surface area contributed by atoms with Crippen LogP contribution in [0.4, 0.5) is 4.79 Å². The van der Waals surface area contributed by atoms with Gasteiger partial charge in [0.1, 0.15) is 12.0 Å². The van der Waals surface area contributed by atoms with Crippen LogP contribution in [0, 0.1) is 0 Å². The zero-order valence-corrected chi connectivity index (χ0v) is 16.5. The van der Waals surface area contributed by atoms with Crippen molar-refractivity contribution in [1.82, 2.24) is 25.5 Å². The number of benzene rings is 2. The number of hydrogen-bond acceptors (Lipinski definition) is 5. The van der Waals surface area contributed by atoms with E-state index in [2.05, 4.69) is 49.7 Å². The summed E-state index contributed by atoms with van der Waals surface area (Å²) < 4.78 is 5.50. The number of aromatic amines is 2. The third kappa shape index (κ3) is 3.48. The summed E-state index contributed by atoms with van der Waals surface area (Å²) in [4.78, 5) is 30.6. The predicted octanol–water partition coefficient (Wildman–Crippen LogP) is 3.20. The minimum absolute atomic E-state index is 0.0178. The molecule has 0 radical (unpaired) electrons. The van der Waals surface area contributed by atoms with Crippen LogP contribution in [-0.4, -0.2) is 39.4 Å². The second-order valence-corrected chi connectivity index (χ2v) is 7.18. The van der Waals surface area contributed by atoms with E-state index in [-0.39, 0.29) is 24.6 Å². The number of carbonyl (C=O) groups is 1. The van der Waals surface area contributed by atoms with Gasteiger partial charge < -0.3 is 15.0 Å². The highest BCUT2D eigenvalue weighted by Gasteiger charge is 2.28. The Morgan fingerprint density at radius 2 is 1.81 bits per heavy atom. The molecule has 2 heterocycles. The summed E-state index contributed by atoms with van der Waals surface area (Å²) in [5, 5.41) is 9.82. The molecular weight excluding hydrogens is 394 g/mol. The smallest absolute Gasteiger partial charge is 0.407 e. The van der Waals surface area contributed by atoms with Crippen molar-refractivity contribution in [2.45, 2.75) is 5.92 Å². The topological polar surface area (TPSA) is 113 Å². The molecule has 0 unspecified atom stereocenters. The van der Waals surface area contributed by atoms with Crippen LogP contribution in [0.3, 0.4) is 0 Å². The molecule has 4 aromatic rings. The fraction of sp³-hybridized carbons (Fsp3) is 0.130. The molecule has 8 nitrogen and oxygen atoms in total. The number of rotatable bonds is 5. The minimum Gasteiger partial charge on any atom is -0.449 e. The second kappa shape index (κ2) is 7.91. The summed E-state index contributed by atoms with van der Waals surface area (Å²) in [7, 11) is 0. The van der Waals surface area contributed by atoms with Crippen LogP contribution in [0.2, 0.25) is 0 Å². The fourth-order valence-electron chi connectivity index (χ4n) is 3.98. The largest absolute Gasteiger partial charge is 0.449 e. The Morgan fingerprint density at radius 3 is 2.55 bits per heavy atom. The van der Waals surface area contributed by atoms with Crippen molar-refractivity contribution in [3.05, 3.63) is 88.1 Å². The Morgan fingerprint density at radius 1 is 1.10 bits per heavy atom. The highest BCUT2D eigenvalue weighted by atomic mass is 16.5. The van der Waals surface area contributed by atoms with Crippen LogP contribution in [0.1, 0.15) is 22.7 Å². The van der Waals surface area contributed by atoms with E-state index in [1.165, 1.54) is 28.6 Å². The maximum absolute atomic E-state index is 12.2. The Hall–Kier alpha value is -4.20. The first-order valence-electron chi connectivity index (χ1n) is 9.89. The van der Waals surface area contributed by atoms with Gasteiger partial charge in [-0.2, -0.15) is 5.10 Å². The van der Waals surface area contributed by atoms with Crippen LogP contribution >= 0.6 is 0 Å². The molecule has 0 atom stereocenters. The van der Waals surface area contributed by atoms with Crippen molar-refractivity contribution in [1.29, 1.82) is 0 Å². The van der Waals surface area contributed by atoms with Gasteiger partial charge in [-0.1, -0.05) is 54.6 Å². The third-order valence-electron chi connectivity index (χ3n) is 5.38. The van der Waals surface area contributed by atoms with Gasteiger partial charge >= 0.3 is 6.09 Å². The first kappa shape index (κ1) is 18.8. The monoisotopic (exact) mass is 413 g/mol. The van der Waals surface area contributed by atoms with Gasteiger partial charge in [0.15, 0.2) is 5.65 Å². The number of fused-ring (bicyclic) bond motifs is 4. The van der Waals surface area contributed by atoms with Gasteiger partial charge in [-0.05, 0) is 28.3 Å². The standard InChI is InChI=1S/C23H19N5O3/c29-22-20-19(27-28-21(20)25-13-26-22)10-5-11-24-23(30)31-12-18-16-8-3-1-6-14(16)15-7-2-4-9-17(15)18/h1-10,13,18H,11-12H2,(H,24,30)(H2,25,26,27,28,29). The minimum atomic E-state index is -0.500. The number of hydrogen-bond donors (Lipinski definition) is 3. The Bertz CT molecular complexity index is 1310. The van der Waals surface area contributed by atoms with Gasteiger partial charge in [0.25, 0.3) is 5.56 Å². The molecule has 1 aliphatic carbocycles. The summed E-state index contributed by atoms with van der Waals surface area (Å²) in [6, 6.07) is 16.4. The normalized spacial score (nSPS) is 12.8. The van der Waals surface area contributed by atoms with E-state index < -0.39 is 6.09 Å². The van der Waals surface area contributed by atoms with Crippen LogP contribution < -0.4 is 10.9 Å². The van der Waals surface area contributed by atoms with E-state index in [1.807, 2.05) is 24.3 Å². The maximum Gasteiger partial charge on any atom is 0.407 e. The molecule has 8 heteroatoms. The third-order valence-corrected chi connectivity index (χ3v) is 5.38. The van der Waals surface area contributed by atoms with Crippen molar-refractivity contribution in [2.24, 2.45) is 0 Å². The van der Waals surface area contributed by atoms with Crippen LogP contribution in [0.5, 0.6) is 0 Å². The lowest BCUT2D eigenvalue weighted by Crippen LogP contribution is -2.26. The van der Waals surface area contributed by atoms with E-state index in [4.69, 9.17) is 4.74 Å². The van der Waals surface area contributed by atoms with E-state index in [0.29, 0.717) is 16.7 Å². The molecule has 2 aromatic heterocycles. The summed E-state index contributed by atoms with van der Waals surface area (Å²) in [6.45, 7) is 0.505. The summed E-state index contributed by atoms with van der Waals surface area (Å²) in [6.07, 6.45) is 4.19. The Kier molecular flexibility index (Phi) is 4.80. The number of nitrogens with one attached hydrogen (secondary N) is 3. The van der Waals surface area contributed by atoms with Gasteiger partial charge in [-0.25, -0.2) is 9.78 Å². The molecule has 0 aliphatic heterocycles. The van der Waals surface area contributed by atoms with Crippen molar-refractivity contribution in [3.8, 4) is 11.1 Å². The molecule has 154 valence electrons. The zero-order chi connectivity index (χ0) is 21.2. The lowest BCUT2D eigenvalue weighted by molar-refractivity contribution is 0.144. The van der Waals surface area contributed by atoms with Crippen LogP contribution in [0.25, 0.3) is 28.2 Å². The molecular formula is C23H19N5O3. The maximum atomic E-state index is 12.2. The average molecular weight is 413 g/mol. The van der Waals surface area contributed by atoms with Crippen molar-refractivity contribution in [3.63, 3.8) is 0 Å². The van der Waals surface area contributed by atoms with Gasteiger partial charge in [-0.15, -0.1) is 0 Å². The summed E-state index contributed by atoms with van der Waals surface area (Å²) >= 11 is 0. The number of ether oxygens (including phenoxy) is 1. The summed E-state index contributed by atoms with van der Waals surface area (Å²) in [5.74, 6) is 0.0178. The number of carbonyl (C=O) groups excluding carboxylic acids is 1. The second-order valence-electron chi connectivity index (χ2n) is 7.18. The van der Waals surface area contributed by atoms with Gasteiger partial charge in [0.05, 0.1) is 12.0 Å². The number of amides is 1. The Labute approximate surface area is 177 Å². The van der Waals surface area contributed by atoms with Crippen LogP contribution in [0.15, 0.2) is 65.7 Å². The first-order chi connectivity index (χ1) is 15.2. The molecule has 3 N–H and O–H groups in total. The van der Waals surface area contributed by atoms with Gasteiger partial charge in [-0.3, -0.25) is 9.89 Å². The average Bonchev–Trinajstić information content (AvgIpc) is 3.35. The number of H-pyrrole nitrogens is 2. The molecule has 2 aromatic carbocycles. The molecule has 0 saturated heterocycles. The van der Waals surface area contributed by atoms with Gasteiger partial charge in [0.2, 0.25) is 0 Å². The molecule has 1 aliphatic rings. The highest BCUT2D eigenvalue weighted by Crippen LogP contribution is 2.44. The lowest BCUT2D eigenvalue weighted by atomic mass is 9.98. The highest BCUT2D eigenvalue weighted by molar-refractivity contribution is 5.82. The SMILES string of the molecule is O=C(NCC=Cc1[nH]nc2nc[nH]c(=O)c12)OCC1c2ccccc2-c2ccccc21. The van der Waals surface area contributed by atoms with E-state index in [1.54, 1.807) is 12.2 Å².